The number of aromatic nitrogens is 2. The number of carbonyl (C=O) groups excluding carboxylic acids is 1. The number of nitrogens with one attached hydrogen (secondary N) is 1. The summed E-state index contributed by atoms with van der Waals surface area (Å²) in [5.41, 5.74) is -2.58. The second-order valence-corrected chi connectivity index (χ2v) is 4.35. The molecule has 0 bridgehead atoms. The molecule has 1 aromatic carbocycles. The van der Waals surface area contributed by atoms with Crippen LogP contribution in [0.3, 0.4) is 0 Å². The van der Waals surface area contributed by atoms with E-state index in [1.165, 1.54) is 6.07 Å². The van der Waals surface area contributed by atoms with Crippen LogP contribution in [0.2, 0.25) is 0 Å². The largest absolute Gasteiger partial charge is 0.462 e. The van der Waals surface area contributed by atoms with Crippen LogP contribution < -0.4 is 11.2 Å². The zero-order chi connectivity index (χ0) is 16.3. The summed E-state index contributed by atoms with van der Waals surface area (Å²) < 4.78 is 32.7. The Morgan fingerprint density at radius 2 is 1.91 bits per heavy atom. The highest BCUT2D eigenvalue weighted by Crippen LogP contribution is 2.12. The number of carbonyl (C=O) groups is 1. The zero-order valence-corrected chi connectivity index (χ0v) is 11.6. The number of esters is 1. The average Bonchev–Trinajstić information content (AvgIpc) is 2.45. The molecule has 0 radical (unpaired) electrons. The number of ether oxygens (including phenoxy) is 1. The van der Waals surface area contributed by atoms with E-state index in [1.54, 1.807) is 6.92 Å². The van der Waals surface area contributed by atoms with Gasteiger partial charge in [0.2, 0.25) is 0 Å². The number of H-pyrrole nitrogens is 1. The summed E-state index contributed by atoms with van der Waals surface area (Å²) in [6, 6.07) is 3.27. The lowest BCUT2D eigenvalue weighted by atomic mass is 10.2. The Morgan fingerprint density at radius 1 is 1.27 bits per heavy atom. The van der Waals surface area contributed by atoms with E-state index >= 15 is 0 Å². The first kappa shape index (κ1) is 15.6. The molecule has 22 heavy (non-hydrogen) atoms. The quantitative estimate of drug-likeness (QED) is 0.856. The minimum absolute atomic E-state index is 0.0410. The fraction of sp³-hybridized carbons (Fsp3) is 0.214. The Balaban J connectivity index is 2.48. The van der Waals surface area contributed by atoms with Crippen molar-refractivity contribution in [1.29, 1.82) is 0 Å². The fourth-order valence-electron chi connectivity index (χ4n) is 1.83. The van der Waals surface area contributed by atoms with Crippen molar-refractivity contribution in [3.63, 3.8) is 0 Å². The van der Waals surface area contributed by atoms with Gasteiger partial charge in [0.05, 0.1) is 13.2 Å². The molecule has 1 N–H and O–H groups in total. The summed E-state index contributed by atoms with van der Waals surface area (Å²) in [5, 5.41) is 0. The van der Waals surface area contributed by atoms with Gasteiger partial charge in [-0.1, -0.05) is 6.07 Å². The molecule has 6 nitrogen and oxygen atoms in total. The van der Waals surface area contributed by atoms with Crippen LogP contribution in [0.4, 0.5) is 8.78 Å². The molecule has 0 unspecified atom stereocenters. The van der Waals surface area contributed by atoms with Gasteiger partial charge in [-0.15, -0.1) is 0 Å². The average molecular weight is 310 g/mol. The molecule has 1 aromatic heterocycles. The first-order chi connectivity index (χ1) is 10.4. The maximum Gasteiger partial charge on any atom is 0.345 e. The Labute approximate surface area is 123 Å². The fourth-order valence-corrected chi connectivity index (χ4v) is 1.83. The minimum Gasteiger partial charge on any atom is -0.462 e. The number of hydrogen-bond acceptors (Lipinski definition) is 4. The van der Waals surface area contributed by atoms with Crippen LogP contribution in [0.5, 0.6) is 0 Å². The Kier molecular flexibility index (Phi) is 4.50. The van der Waals surface area contributed by atoms with Gasteiger partial charge in [0, 0.05) is 11.8 Å². The summed E-state index contributed by atoms with van der Waals surface area (Å²) in [6.45, 7) is 1.12. The molecule has 0 spiro atoms. The van der Waals surface area contributed by atoms with E-state index in [-0.39, 0.29) is 12.2 Å². The van der Waals surface area contributed by atoms with Gasteiger partial charge in [-0.25, -0.2) is 18.4 Å². The lowest BCUT2D eigenvalue weighted by Crippen LogP contribution is -2.34. The van der Waals surface area contributed by atoms with Gasteiger partial charge in [0.25, 0.3) is 5.56 Å². The van der Waals surface area contributed by atoms with E-state index in [2.05, 4.69) is 4.74 Å². The summed E-state index contributed by atoms with van der Waals surface area (Å²) in [6.07, 6.45) is 0.922. The first-order valence-electron chi connectivity index (χ1n) is 6.37. The highest BCUT2D eigenvalue weighted by atomic mass is 19.1. The molecule has 0 aliphatic carbocycles. The second kappa shape index (κ2) is 6.33. The molecule has 0 aliphatic rings. The number of benzene rings is 1. The van der Waals surface area contributed by atoms with Crippen LogP contribution in [0.1, 0.15) is 22.8 Å². The van der Waals surface area contributed by atoms with Gasteiger partial charge in [0.1, 0.15) is 17.2 Å². The van der Waals surface area contributed by atoms with Gasteiger partial charge in [0.15, 0.2) is 0 Å². The topological polar surface area (TPSA) is 81.2 Å². The third kappa shape index (κ3) is 3.11. The first-order valence-corrected chi connectivity index (χ1v) is 6.37. The van der Waals surface area contributed by atoms with Crippen molar-refractivity contribution in [2.75, 3.05) is 6.61 Å². The van der Waals surface area contributed by atoms with Crippen molar-refractivity contribution >= 4 is 5.97 Å². The molecular formula is C14H12F2N2O4. The van der Waals surface area contributed by atoms with Crippen molar-refractivity contribution in [3.8, 4) is 0 Å². The van der Waals surface area contributed by atoms with Crippen LogP contribution in [-0.2, 0) is 11.3 Å². The van der Waals surface area contributed by atoms with Crippen LogP contribution in [0, 0.1) is 11.6 Å². The Hall–Kier alpha value is -2.77. The van der Waals surface area contributed by atoms with E-state index in [9.17, 15) is 23.2 Å². The predicted molar refractivity (Wildman–Crippen MR) is 72.7 cm³/mol. The normalized spacial score (nSPS) is 10.5. The van der Waals surface area contributed by atoms with Crippen molar-refractivity contribution in [2.24, 2.45) is 0 Å². The smallest absolute Gasteiger partial charge is 0.345 e. The van der Waals surface area contributed by atoms with Crippen molar-refractivity contribution < 1.29 is 18.3 Å². The van der Waals surface area contributed by atoms with Crippen molar-refractivity contribution in [3.05, 3.63) is 68.0 Å². The monoisotopic (exact) mass is 310 g/mol. The molecule has 8 heteroatoms. The molecule has 0 saturated heterocycles. The standard InChI is InChI=1S/C14H12F2N2O4/c1-2-22-13(20)9-7-18(14(21)17-12(9)19)6-8-10(15)4-3-5-11(8)16/h3-5,7H,2,6H2,1H3,(H,17,19,21). The van der Waals surface area contributed by atoms with Gasteiger partial charge in [-0.05, 0) is 19.1 Å². The molecule has 0 aliphatic heterocycles. The van der Waals surface area contributed by atoms with E-state index in [4.69, 9.17) is 0 Å². The molecule has 0 fully saturated rings. The van der Waals surface area contributed by atoms with E-state index < -0.39 is 41.0 Å². The molecule has 0 amide bonds. The number of nitrogens with zero attached hydrogens (tertiary/aromatic N) is 1. The summed E-state index contributed by atoms with van der Waals surface area (Å²) in [5.74, 6) is -2.60. The highest BCUT2D eigenvalue weighted by molar-refractivity contribution is 5.88. The van der Waals surface area contributed by atoms with Crippen LogP contribution in [0.15, 0.2) is 34.0 Å². The van der Waals surface area contributed by atoms with Crippen molar-refractivity contribution in [2.45, 2.75) is 13.5 Å². The lowest BCUT2D eigenvalue weighted by molar-refractivity contribution is 0.0523. The maximum atomic E-state index is 13.6. The third-order valence-electron chi connectivity index (χ3n) is 2.90. The minimum atomic E-state index is -0.925. The summed E-state index contributed by atoms with van der Waals surface area (Å²) >= 11 is 0. The molecule has 2 rings (SSSR count). The number of rotatable bonds is 4. The SMILES string of the molecule is CCOC(=O)c1cn(Cc2c(F)cccc2F)c(=O)[nH]c1=O. The molecular weight excluding hydrogens is 298 g/mol. The molecule has 0 atom stereocenters. The maximum absolute atomic E-state index is 13.6. The Morgan fingerprint density at radius 3 is 2.50 bits per heavy atom. The molecule has 116 valence electrons. The van der Waals surface area contributed by atoms with E-state index in [0.717, 1.165) is 22.9 Å². The molecule has 2 aromatic rings. The lowest BCUT2D eigenvalue weighted by Gasteiger charge is -2.09. The molecule has 1 heterocycles. The van der Waals surface area contributed by atoms with Gasteiger partial charge < -0.3 is 4.74 Å². The zero-order valence-electron chi connectivity index (χ0n) is 11.6. The van der Waals surface area contributed by atoms with Gasteiger partial charge in [-0.3, -0.25) is 14.3 Å². The number of halogens is 2. The van der Waals surface area contributed by atoms with Crippen LogP contribution in [-0.4, -0.2) is 22.1 Å². The Bertz CT molecular complexity index is 806. The second-order valence-electron chi connectivity index (χ2n) is 4.35. The highest BCUT2D eigenvalue weighted by Gasteiger charge is 2.16. The molecule has 0 saturated carbocycles. The summed E-state index contributed by atoms with van der Waals surface area (Å²) in [4.78, 5) is 36.8. The van der Waals surface area contributed by atoms with Gasteiger partial charge >= 0.3 is 11.7 Å². The number of hydrogen-bond donors (Lipinski definition) is 1. The van der Waals surface area contributed by atoms with Crippen LogP contribution >= 0.6 is 0 Å². The van der Waals surface area contributed by atoms with Gasteiger partial charge in [-0.2, -0.15) is 0 Å². The van der Waals surface area contributed by atoms with Crippen LogP contribution in [0.25, 0.3) is 0 Å². The van der Waals surface area contributed by atoms with Crippen molar-refractivity contribution in [1.82, 2.24) is 9.55 Å². The number of aromatic amines is 1. The van der Waals surface area contributed by atoms with E-state index in [1.807, 2.05) is 4.98 Å². The predicted octanol–water partition coefficient (Wildman–Crippen LogP) is 1.04. The third-order valence-corrected chi connectivity index (χ3v) is 2.90. The summed E-state index contributed by atoms with van der Waals surface area (Å²) in [7, 11) is 0. The van der Waals surface area contributed by atoms with E-state index in [0.29, 0.717) is 0 Å².